The monoisotopic (exact) mass is 197 g/mol. The number of aliphatic carboxylic acids is 2. The zero-order valence-corrected chi connectivity index (χ0v) is 8.66. The number of hydrogen-bond acceptors (Lipinski definition) is 4. The minimum atomic E-state index is -1.54. The van der Waals surface area contributed by atoms with E-state index >= 15 is 0 Å². The number of rotatable bonds is 3. The molecule has 7 heteroatoms. The van der Waals surface area contributed by atoms with E-state index in [4.69, 9.17) is 10.8 Å². The topological polar surface area (TPSA) is 103 Å². The molecule has 1 atom stereocenters. The molecule has 0 unspecified atom stereocenters. The third-order valence-corrected chi connectivity index (χ3v) is 0.697. The van der Waals surface area contributed by atoms with Crippen LogP contribution in [0.5, 0.6) is 0 Å². The third-order valence-electron chi connectivity index (χ3n) is 0.697. The molecule has 0 fully saturated rings. The van der Waals surface area contributed by atoms with Crippen LogP contribution >= 0.6 is 0 Å². The Labute approximate surface area is 122 Å². The molecule has 0 saturated heterocycles. The largest absolute Gasteiger partial charge is 1.00 e. The maximum absolute atomic E-state index is 9.74. The van der Waals surface area contributed by atoms with E-state index < -0.39 is 24.4 Å². The van der Waals surface area contributed by atoms with Crippen LogP contribution in [0.4, 0.5) is 0 Å². The number of carbonyl (C=O) groups excluding carboxylic acids is 1. The molecule has 0 aromatic heterocycles. The Morgan fingerprint density at radius 2 is 1.91 bits per heavy atom. The standard InChI is InChI=1S/C4H7NO4.K.Mg.2H/c5-2(4(8)9)1-3(6)7;;;;/h2H,1,5H2,(H,6,7)(H,8,9);;;;/q;+1;;;/p-1/t2-;;;;/m0..../s1. The minimum absolute atomic E-state index is 0. The molecule has 5 nitrogen and oxygen atoms in total. The summed E-state index contributed by atoms with van der Waals surface area (Å²) in [5, 5.41) is 17.7. The summed E-state index contributed by atoms with van der Waals surface area (Å²) in [5.74, 6) is -2.79. The summed E-state index contributed by atoms with van der Waals surface area (Å²) in [6.07, 6.45) is -0.595. The zero-order valence-electron chi connectivity index (χ0n) is 5.53. The summed E-state index contributed by atoms with van der Waals surface area (Å²) in [5.41, 5.74) is 4.77. The summed E-state index contributed by atoms with van der Waals surface area (Å²) >= 11 is 0. The Morgan fingerprint density at radius 3 is 2.00 bits per heavy atom. The Bertz CT molecular complexity index is 142. The van der Waals surface area contributed by atoms with E-state index in [-0.39, 0.29) is 74.4 Å². The predicted molar refractivity (Wildman–Crippen MR) is 33.8 cm³/mol. The van der Waals surface area contributed by atoms with Gasteiger partial charge in [0.05, 0.1) is 18.4 Å². The molecule has 0 spiro atoms. The van der Waals surface area contributed by atoms with E-state index in [9.17, 15) is 14.7 Å². The molecule has 0 bridgehead atoms. The van der Waals surface area contributed by atoms with Crippen molar-refractivity contribution in [3.8, 4) is 0 Å². The van der Waals surface area contributed by atoms with Crippen molar-refractivity contribution in [2.24, 2.45) is 5.73 Å². The zero-order chi connectivity index (χ0) is 7.44. The first-order chi connectivity index (χ1) is 4.04. The normalized spacial score (nSPS) is 10.3. The summed E-state index contributed by atoms with van der Waals surface area (Å²) in [6.45, 7) is 0. The van der Waals surface area contributed by atoms with Crippen LogP contribution < -0.4 is 62.2 Å². The third kappa shape index (κ3) is 11.3. The van der Waals surface area contributed by atoms with Crippen molar-refractivity contribution in [2.75, 3.05) is 0 Å². The molecule has 0 rings (SSSR count). The molecule has 56 valence electrons. The van der Waals surface area contributed by atoms with Crippen molar-refractivity contribution in [3.63, 3.8) is 0 Å². The molecule has 0 aliphatic heterocycles. The number of nitrogens with two attached hydrogens (primary N) is 1. The molecule has 0 aliphatic carbocycles. The number of carboxylic acids is 2. The van der Waals surface area contributed by atoms with Crippen LogP contribution in [0.2, 0.25) is 0 Å². The maximum atomic E-state index is 9.74. The van der Waals surface area contributed by atoms with Crippen LogP contribution in [0.3, 0.4) is 0 Å². The van der Waals surface area contributed by atoms with Crippen molar-refractivity contribution in [1.82, 2.24) is 0 Å². The molecule has 0 amide bonds. The van der Waals surface area contributed by atoms with Crippen LogP contribution in [0, 0.1) is 0 Å². The first-order valence-electron chi connectivity index (χ1n) is 2.22. The van der Waals surface area contributed by atoms with Gasteiger partial charge in [0.2, 0.25) is 0 Å². The van der Waals surface area contributed by atoms with Gasteiger partial charge in [-0.3, -0.25) is 4.79 Å². The number of carbonyl (C=O) groups is 2. The fraction of sp³-hybridized carbons (Fsp3) is 0.500. The smallest absolute Gasteiger partial charge is 0.548 e. The van der Waals surface area contributed by atoms with E-state index in [1.807, 2.05) is 0 Å². The van der Waals surface area contributed by atoms with E-state index in [1.165, 1.54) is 0 Å². The first-order valence-corrected chi connectivity index (χ1v) is 2.22. The van der Waals surface area contributed by atoms with Crippen molar-refractivity contribution in [2.45, 2.75) is 12.5 Å². The van der Waals surface area contributed by atoms with Gasteiger partial charge < -0.3 is 20.7 Å². The molecule has 0 aromatic rings. The minimum Gasteiger partial charge on any atom is -0.548 e. The molecular weight excluding hydrogens is 189 g/mol. The van der Waals surface area contributed by atoms with Gasteiger partial charge in [-0.1, -0.05) is 0 Å². The van der Waals surface area contributed by atoms with Gasteiger partial charge in [0, 0.05) is 0 Å². The van der Waals surface area contributed by atoms with Gasteiger partial charge in [0.15, 0.2) is 0 Å². The molecule has 0 saturated carbocycles. The van der Waals surface area contributed by atoms with Crippen molar-refractivity contribution < 1.29 is 71.2 Å². The molecule has 0 aliphatic rings. The summed E-state index contributed by atoms with van der Waals surface area (Å²) in [6, 6.07) is -1.40. The van der Waals surface area contributed by atoms with Crippen LogP contribution in [0.1, 0.15) is 6.42 Å². The number of carboxylic acid groups (broad SMARTS) is 2. The van der Waals surface area contributed by atoms with Gasteiger partial charge in [-0.05, 0) is 0 Å². The molecule has 0 radical (unpaired) electrons. The van der Waals surface area contributed by atoms with Gasteiger partial charge in [0.1, 0.15) is 0 Å². The second-order valence-electron chi connectivity index (χ2n) is 1.52. The fourth-order valence-corrected chi connectivity index (χ4v) is 0.271. The second kappa shape index (κ2) is 9.39. The quantitative estimate of drug-likeness (QED) is 0.438. The Hall–Kier alpha value is 1.30. The van der Waals surface area contributed by atoms with Gasteiger partial charge in [-0.2, -0.15) is 0 Å². The van der Waals surface area contributed by atoms with Crippen molar-refractivity contribution in [3.05, 3.63) is 0 Å². The predicted octanol–water partition coefficient (Wildman–Crippen LogP) is -6.37. The van der Waals surface area contributed by atoms with E-state index in [1.54, 1.807) is 0 Å². The summed E-state index contributed by atoms with van der Waals surface area (Å²) in [4.78, 5) is 19.5. The second-order valence-corrected chi connectivity index (χ2v) is 1.52. The van der Waals surface area contributed by atoms with Gasteiger partial charge in [-0.25, -0.2) is 0 Å². The van der Waals surface area contributed by atoms with E-state index in [0.717, 1.165) is 0 Å². The van der Waals surface area contributed by atoms with E-state index in [0.29, 0.717) is 0 Å². The van der Waals surface area contributed by atoms with Crippen LogP contribution in [-0.4, -0.2) is 46.1 Å². The molecule has 0 aromatic carbocycles. The molecule has 11 heavy (non-hydrogen) atoms. The van der Waals surface area contributed by atoms with Crippen LogP contribution in [-0.2, 0) is 9.59 Å². The first kappa shape index (κ1) is 18.2. The van der Waals surface area contributed by atoms with Gasteiger partial charge >= 0.3 is 80.4 Å². The molecule has 3 N–H and O–H groups in total. The van der Waals surface area contributed by atoms with Gasteiger partial charge in [0.25, 0.3) is 0 Å². The SMILES string of the molecule is N[C@@H](CC(=O)O)C(=O)[O-].[K+].[MgH2]. The van der Waals surface area contributed by atoms with Crippen LogP contribution in [0.15, 0.2) is 0 Å². The van der Waals surface area contributed by atoms with Gasteiger partial charge in [-0.15, -0.1) is 0 Å². The average Bonchev–Trinajstić information content (AvgIpc) is 1.63. The maximum Gasteiger partial charge on any atom is 1.00 e. The average molecular weight is 198 g/mol. The number of hydrogen-bond donors (Lipinski definition) is 2. The summed E-state index contributed by atoms with van der Waals surface area (Å²) in [7, 11) is 0. The Morgan fingerprint density at radius 1 is 1.55 bits per heavy atom. The summed E-state index contributed by atoms with van der Waals surface area (Å²) < 4.78 is 0. The van der Waals surface area contributed by atoms with Crippen LogP contribution in [0.25, 0.3) is 0 Å². The Kier molecular flexibility index (Phi) is 15.5. The van der Waals surface area contributed by atoms with Crippen molar-refractivity contribution >= 4 is 35.0 Å². The molecular formula is C4H8KMgNO4. The Balaban J connectivity index is -0.000000320. The fourth-order valence-electron chi connectivity index (χ4n) is 0.271. The van der Waals surface area contributed by atoms with E-state index in [2.05, 4.69) is 0 Å². The molecule has 0 heterocycles. The van der Waals surface area contributed by atoms with Crippen molar-refractivity contribution in [1.29, 1.82) is 0 Å².